The number of hydrogen-bond donors (Lipinski definition) is 1. The van der Waals surface area contributed by atoms with E-state index in [-0.39, 0.29) is 6.09 Å². The number of nitrogens with two attached hydrogens (primary N) is 1. The highest BCUT2D eigenvalue weighted by atomic mass is 16.6. The molecule has 0 spiro atoms. The summed E-state index contributed by atoms with van der Waals surface area (Å²) in [6.45, 7) is 2.68. The zero-order valence-corrected chi connectivity index (χ0v) is 8.64. The number of rotatable bonds is 2. The predicted molar refractivity (Wildman–Crippen MR) is 57.7 cm³/mol. The summed E-state index contributed by atoms with van der Waals surface area (Å²) in [6.07, 6.45) is -0.325. The molecule has 0 aliphatic carbocycles. The Morgan fingerprint density at radius 3 is 2.67 bits per heavy atom. The molecular weight excluding hydrogens is 192 g/mol. The molecule has 4 nitrogen and oxygen atoms in total. The van der Waals surface area contributed by atoms with Crippen LogP contribution in [0.15, 0.2) is 30.3 Å². The number of benzene rings is 1. The summed E-state index contributed by atoms with van der Waals surface area (Å²) in [5, 5.41) is 0. The van der Waals surface area contributed by atoms with Crippen LogP contribution in [0.4, 0.5) is 10.5 Å². The number of amides is 1. The van der Waals surface area contributed by atoms with Crippen molar-refractivity contribution in [2.45, 2.75) is 12.5 Å². The normalized spacial score (nSPS) is 25.5. The Kier molecular flexibility index (Phi) is 2.36. The van der Waals surface area contributed by atoms with Crippen molar-refractivity contribution in [1.29, 1.82) is 0 Å². The first-order valence-electron chi connectivity index (χ1n) is 4.90. The van der Waals surface area contributed by atoms with Gasteiger partial charge in [-0.2, -0.15) is 0 Å². The molecule has 0 saturated carbocycles. The van der Waals surface area contributed by atoms with Gasteiger partial charge in [0, 0.05) is 12.2 Å². The van der Waals surface area contributed by atoms with Crippen LogP contribution in [-0.4, -0.2) is 24.8 Å². The lowest BCUT2D eigenvalue weighted by atomic mass is 10.1. The van der Waals surface area contributed by atoms with Gasteiger partial charge in [-0.15, -0.1) is 0 Å². The molecular formula is C11H14N2O2. The molecule has 2 rings (SSSR count). The summed E-state index contributed by atoms with van der Waals surface area (Å²) in [5.41, 5.74) is 5.85. The van der Waals surface area contributed by atoms with Crippen LogP contribution in [0.25, 0.3) is 0 Å². The zero-order valence-electron chi connectivity index (χ0n) is 8.64. The van der Waals surface area contributed by atoms with Crippen molar-refractivity contribution in [3.63, 3.8) is 0 Å². The van der Waals surface area contributed by atoms with Gasteiger partial charge in [0.2, 0.25) is 0 Å². The summed E-state index contributed by atoms with van der Waals surface area (Å²) in [7, 11) is 0. The predicted octanol–water partition coefficient (Wildman–Crippen LogP) is 1.36. The van der Waals surface area contributed by atoms with Crippen molar-refractivity contribution in [2.24, 2.45) is 5.73 Å². The highest BCUT2D eigenvalue weighted by Gasteiger charge is 2.40. The van der Waals surface area contributed by atoms with Gasteiger partial charge in [0.05, 0.1) is 6.54 Å². The van der Waals surface area contributed by atoms with Gasteiger partial charge < -0.3 is 10.5 Å². The van der Waals surface area contributed by atoms with E-state index < -0.39 is 5.60 Å². The van der Waals surface area contributed by atoms with E-state index in [1.807, 2.05) is 37.3 Å². The Balaban J connectivity index is 2.23. The van der Waals surface area contributed by atoms with Crippen molar-refractivity contribution in [1.82, 2.24) is 0 Å². The first-order chi connectivity index (χ1) is 7.14. The van der Waals surface area contributed by atoms with E-state index in [0.29, 0.717) is 13.1 Å². The van der Waals surface area contributed by atoms with Crippen molar-refractivity contribution in [3.8, 4) is 0 Å². The van der Waals surface area contributed by atoms with E-state index in [9.17, 15) is 4.79 Å². The second kappa shape index (κ2) is 3.55. The first kappa shape index (κ1) is 9.98. The highest BCUT2D eigenvalue weighted by molar-refractivity contribution is 5.90. The minimum atomic E-state index is -0.563. The van der Waals surface area contributed by atoms with E-state index in [2.05, 4.69) is 0 Å². The smallest absolute Gasteiger partial charge is 0.415 e. The van der Waals surface area contributed by atoms with E-state index in [1.54, 1.807) is 4.90 Å². The third kappa shape index (κ3) is 1.80. The molecule has 1 aliphatic rings. The zero-order chi connectivity index (χ0) is 10.9. The average Bonchev–Trinajstić information content (AvgIpc) is 2.57. The fraction of sp³-hybridized carbons (Fsp3) is 0.364. The lowest BCUT2D eigenvalue weighted by molar-refractivity contribution is 0.0789. The maximum absolute atomic E-state index is 11.6. The van der Waals surface area contributed by atoms with Crippen LogP contribution in [0, 0.1) is 0 Å². The molecule has 1 fully saturated rings. The first-order valence-corrected chi connectivity index (χ1v) is 4.90. The number of hydrogen-bond acceptors (Lipinski definition) is 3. The fourth-order valence-electron chi connectivity index (χ4n) is 1.61. The molecule has 15 heavy (non-hydrogen) atoms. The van der Waals surface area contributed by atoms with E-state index in [4.69, 9.17) is 10.5 Å². The Bertz CT molecular complexity index is 366. The topological polar surface area (TPSA) is 55.6 Å². The molecule has 1 heterocycles. The maximum Gasteiger partial charge on any atom is 0.415 e. The van der Waals surface area contributed by atoms with Gasteiger partial charge in [0.1, 0.15) is 5.60 Å². The summed E-state index contributed by atoms with van der Waals surface area (Å²) in [6, 6.07) is 9.45. The third-order valence-corrected chi connectivity index (χ3v) is 2.55. The number of nitrogens with zero attached hydrogens (tertiary/aromatic N) is 1. The van der Waals surface area contributed by atoms with Crippen LogP contribution in [0.5, 0.6) is 0 Å². The molecule has 1 unspecified atom stereocenters. The van der Waals surface area contributed by atoms with Gasteiger partial charge in [-0.25, -0.2) is 4.79 Å². The molecule has 4 heteroatoms. The average molecular weight is 206 g/mol. The summed E-state index contributed by atoms with van der Waals surface area (Å²) < 4.78 is 5.23. The van der Waals surface area contributed by atoms with Gasteiger partial charge >= 0.3 is 6.09 Å². The number of anilines is 1. The SMILES string of the molecule is CC1(CN)CN(c2ccccc2)C(=O)O1. The molecule has 2 N–H and O–H groups in total. The Labute approximate surface area is 88.6 Å². The number of ether oxygens (including phenoxy) is 1. The minimum Gasteiger partial charge on any atom is -0.440 e. The number of cyclic esters (lactones) is 1. The van der Waals surface area contributed by atoms with Crippen molar-refractivity contribution < 1.29 is 9.53 Å². The summed E-state index contributed by atoms with van der Waals surface area (Å²) in [4.78, 5) is 13.2. The molecule has 80 valence electrons. The van der Waals surface area contributed by atoms with Gasteiger partial charge in [-0.1, -0.05) is 18.2 Å². The quantitative estimate of drug-likeness (QED) is 0.794. The van der Waals surface area contributed by atoms with Gasteiger partial charge in [0.15, 0.2) is 0 Å². The van der Waals surface area contributed by atoms with Crippen LogP contribution in [-0.2, 0) is 4.74 Å². The van der Waals surface area contributed by atoms with E-state index in [1.165, 1.54) is 0 Å². The second-order valence-corrected chi connectivity index (χ2v) is 3.94. The fourth-order valence-corrected chi connectivity index (χ4v) is 1.61. The molecule has 0 radical (unpaired) electrons. The third-order valence-electron chi connectivity index (χ3n) is 2.55. The Hall–Kier alpha value is -1.55. The summed E-state index contributed by atoms with van der Waals surface area (Å²) in [5.74, 6) is 0. The molecule has 1 saturated heterocycles. The second-order valence-electron chi connectivity index (χ2n) is 3.94. The molecule has 0 aromatic heterocycles. The van der Waals surface area contributed by atoms with E-state index in [0.717, 1.165) is 5.69 Å². The lowest BCUT2D eigenvalue weighted by Gasteiger charge is -2.18. The van der Waals surface area contributed by atoms with Gasteiger partial charge in [-0.05, 0) is 19.1 Å². The van der Waals surface area contributed by atoms with Gasteiger partial charge in [0.25, 0.3) is 0 Å². The molecule has 0 bridgehead atoms. The monoisotopic (exact) mass is 206 g/mol. The Morgan fingerprint density at radius 1 is 1.47 bits per heavy atom. The lowest BCUT2D eigenvalue weighted by Crippen LogP contribution is -2.38. The van der Waals surface area contributed by atoms with Crippen LogP contribution < -0.4 is 10.6 Å². The maximum atomic E-state index is 11.6. The van der Waals surface area contributed by atoms with Crippen molar-refractivity contribution in [2.75, 3.05) is 18.0 Å². The van der Waals surface area contributed by atoms with Crippen LogP contribution in [0.1, 0.15) is 6.92 Å². The Morgan fingerprint density at radius 2 is 2.13 bits per heavy atom. The number of carbonyl (C=O) groups excluding carboxylic acids is 1. The molecule has 1 atom stereocenters. The molecule has 1 aromatic rings. The standard InChI is InChI=1S/C11H14N2O2/c1-11(7-12)8-13(10(14)15-11)9-5-3-2-4-6-9/h2-6H,7-8,12H2,1H3. The van der Waals surface area contributed by atoms with Crippen molar-refractivity contribution >= 4 is 11.8 Å². The van der Waals surface area contributed by atoms with Crippen LogP contribution in [0.2, 0.25) is 0 Å². The molecule has 1 aromatic carbocycles. The molecule has 1 amide bonds. The van der Waals surface area contributed by atoms with Crippen LogP contribution in [0.3, 0.4) is 0 Å². The van der Waals surface area contributed by atoms with Gasteiger partial charge in [-0.3, -0.25) is 4.90 Å². The van der Waals surface area contributed by atoms with E-state index >= 15 is 0 Å². The van der Waals surface area contributed by atoms with Crippen LogP contribution >= 0.6 is 0 Å². The largest absolute Gasteiger partial charge is 0.440 e. The number of para-hydroxylation sites is 1. The highest BCUT2D eigenvalue weighted by Crippen LogP contribution is 2.26. The molecule has 1 aliphatic heterocycles. The summed E-state index contributed by atoms with van der Waals surface area (Å²) >= 11 is 0. The minimum absolute atomic E-state index is 0.325. The van der Waals surface area contributed by atoms with Crippen molar-refractivity contribution in [3.05, 3.63) is 30.3 Å². The number of carbonyl (C=O) groups is 1.